The summed E-state index contributed by atoms with van der Waals surface area (Å²) in [5.41, 5.74) is 0.690. The number of aromatic nitrogens is 2. The first kappa shape index (κ1) is 15.2. The van der Waals surface area contributed by atoms with Crippen LogP contribution >= 0.6 is 15.9 Å². The Kier molecular flexibility index (Phi) is 3.77. The molecule has 2 saturated heterocycles. The highest BCUT2D eigenvalue weighted by Crippen LogP contribution is 2.41. The maximum atomic E-state index is 12.2. The molecule has 1 aromatic heterocycles. The minimum atomic E-state index is -0.133. The van der Waals surface area contributed by atoms with Crippen molar-refractivity contribution in [1.82, 2.24) is 14.9 Å². The maximum Gasteiger partial charge on any atom is 0.265 e. The number of nitrogens with zero attached hydrogens (tertiary/aromatic N) is 2. The summed E-state index contributed by atoms with van der Waals surface area (Å²) >= 11 is 3.41. The van der Waals surface area contributed by atoms with Gasteiger partial charge in [0.25, 0.3) is 5.56 Å². The molecule has 5 heteroatoms. The zero-order valence-corrected chi connectivity index (χ0v) is 14.8. The van der Waals surface area contributed by atoms with E-state index in [0.717, 1.165) is 24.4 Å². The minimum Gasteiger partial charge on any atom is -0.309 e. The molecule has 0 saturated carbocycles. The second-order valence-corrected chi connectivity index (χ2v) is 8.38. The van der Waals surface area contributed by atoms with Crippen molar-refractivity contribution in [2.24, 2.45) is 0 Å². The third kappa shape index (κ3) is 2.70. The molecule has 3 rings (SSSR count). The Morgan fingerprint density at radius 3 is 2.33 bits per heavy atom. The van der Waals surface area contributed by atoms with Crippen LogP contribution in [0.15, 0.2) is 9.27 Å². The molecule has 116 valence electrons. The van der Waals surface area contributed by atoms with Crippen LogP contribution in [0.3, 0.4) is 0 Å². The van der Waals surface area contributed by atoms with Crippen molar-refractivity contribution in [3.8, 4) is 0 Å². The summed E-state index contributed by atoms with van der Waals surface area (Å²) in [5, 5.41) is 0. The highest BCUT2D eigenvalue weighted by Gasteiger charge is 2.40. The lowest BCUT2D eigenvalue weighted by atomic mass is 9.88. The molecule has 2 bridgehead atoms. The molecule has 1 N–H and O–H groups in total. The summed E-state index contributed by atoms with van der Waals surface area (Å²) in [6.45, 7) is 6.30. The second kappa shape index (κ2) is 5.20. The zero-order chi connectivity index (χ0) is 15.4. The lowest BCUT2D eigenvalue weighted by Gasteiger charge is -2.36. The van der Waals surface area contributed by atoms with Crippen molar-refractivity contribution in [2.45, 2.75) is 69.9 Å². The van der Waals surface area contributed by atoms with Crippen LogP contribution in [0.5, 0.6) is 0 Å². The van der Waals surface area contributed by atoms with Crippen molar-refractivity contribution >= 4 is 15.9 Å². The molecular formula is C16H24BrN3O. The highest BCUT2D eigenvalue weighted by atomic mass is 79.9. The zero-order valence-electron chi connectivity index (χ0n) is 13.2. The molecule has 2 unspecified atom stereocenters. The van der Waals surface area contributed by atoms with E-state index in [2.05, 4.69) is 53.6 Å². The van der Waals surface area contributed by atoms with Gasteiger partial charge in [0.2, 0.25) is 0 Å². The fraction of sp³-hybridized carbons (Fsp3) is 0.750. The van der Waals surface area contributed by atoms with Crippen molar-refractivity contribution in [3.05, 3.63) is 26.3 Å². The van der Waals surface area contributed by atoms with E-state index in [1.54, 1.807) is 0 Å². The first-order chi connectivity index (χ1) is 9.77. The molecule has 21 heavy (non-hydrogen) atoms. The molecule has 0 spiro atoms. The predicted octanol–water partition coefficient (Wildman–Crippen LogP) is 3.17. The number of H-pyrrole nitrogens is 1. The molecule has 0 amide bonds. The van der Waals surface area contributed by atoms with E-state index in [9.17, 15) is 4.79 Å². The van der Waals surface area contributed by atoms with E-state index in [1.807, 2.05) is 0 Å². The van der Waals surface area contributed by atoms with E-state index < -0.39 is 0 Å². The van der Waals surface area contributed by atoms with Crippen molar-refractivity contribution in [2.75, 3.05) is 7.05 Å². The third-order valence-corrected chi connectivity index (χ3v) is 5.81. The number of rotatable bonds is 1. The summed E-state index contributed by atoms with van der Waals surface area (Å²) < 4.78 is 0.578. The fourth-order valence-electron chi connectivity index (χ4n) is 3.80. The lowest BCUT2D eigenvalue weighted by Crippen LogP contribution is -2.40. The first-order valence-electron chi connectivity index (χ1n) is 7.79. The smallest absolute Gasteiger partial charge is 0.265 e. The Hall–Kier alpha value is -0.680. The van der Waals surface area contributed by atoms with Crippen LogP contribution in [0.4, 0.5) is 0 Å². The molecule has 2 fully saturated rings. The number of hydrogen-bond acceptors (Lipinski definition) is 3. The monoisotopic (exact) mass is 353 g/mol. The fourth-order valence-corrected chi connectivity index (χ4v) is 4.58. The van der Waals surface area contributed by atoms with E-state index in [0.29, 0.717) is 22.5 Å². The summed E-state index contributed by atoms with van der Waals surface area (Å²) in [6.07, 6.45) is 4.79. The highest BCUT2D eigenvalue weighted by molar-refractivity contribution is 9.10. The van der Waals surface area contributed by atoms with Gasteiger partial charge in [0, 0.05) is 23.4 Å². The third-order valence-electron chi connectivity index (χ3n) is 5.08. The lowest BCUT2D eigenvalue weighted by molar-refractivity contribution is 0.158. The number of piperidine rings is 1. The molecule has 4 nitrogen and oxygen atoms in total. The quantitative estimate of drug-likeness (QED) is 0.843. The summed E-state index contributed by atoms with van der Waals surface area (Å²) in [7, 11) is 2.23. The van der Waals surface area contributed by atoms with Crippen LogP contribution in [0.1, 0.15) is 63.9 Å². The van der Waals surface area contributed by atoms with Crippen LogP contribution in [0.25, 0.3) is 0 Å². The van der Waals surface area contributed by atoms with Gasteiger partial charge in [0.1, 0.15) is 10.3 Å². The summed E-state index contributed by atoms with van der Waals surface area (Å²) in [4.78, 5) is 22.6. The first-order valence-corrected chi connectivity index (χ1v) is 8.59. The largest absolute Gasteiger partial charge is 0.309 e. The van der Waals surface area contributed by atoms with Gasteiger partial charge in [-0.25, -0.2) is 4.98 Å². The van der Waals surface area contributed by atoms with Crippen molar-refractivity contribution in [1.29, 1.82) is 0 Å². The molecule has 1 aromatic rings. The van der Waals surface area contributed by atoms with Crippen molar-refractivity contribution in [3.63, 3.8) is 0 Å². The Labute approximate surface area is 134 Å². The Balaban J connectivity index is 1.97. The SMILES string of the molecule is CN1C2CCC1CC(c1nc(C(C)(C)C)c(Br)c(=O)[nH]1)C2. The molecule has 0 radical (unpaired) electrons. The molecule has 0 aliphatic carbocycles. The van der Waals surface area contributed by atoms with Gasteiger partial charge >= 0.3 is 0 Å². The molecule has 0 aromatic carbocycles. The van der Waals surface area contributed by atoms with Gasteiger partial charge in [0.15, 0.2) is 0 Å². The van der Waals surface area contributed by atoms with Crippen molar-refractivity contribution < 1.29 is 0 Å². The van der Waals surface area contributed by atoms with Crippen LogP contribution < -0.4 is 5.56 Å². The number of nitrogens with one attached hydrogen (secondary N) is 1. The molecule has 2 atom stereocenters. The van der Waals surface area contributed by atoms with E-state index in [4.69, 9.17) is 4.98 Å². The van der Waals surface area contributed by atoms with Gasteiger partial charge in [-0.05, 0) is 48.7 Å². The average Bonchev–Trinajstić information content (AvgIpc) is 2.63. The van der Waals surface area contributed by atoms with E-state index >= 15 is 0 Å². The van der Waals surface area contributed by atoms with Gasteiger partial charge in [-0.3, -0.25) is 4.79 Å². The summed E-state index contributed by atoms with van der Waals surface area (Å²) in [6, 6.07) is 1.31. The van der Waals surface area contributed by atoms with Crippen LogP contribution in [0.2, 0.25) is 0 Å². The molecule has 2 aliphatic rings. The normalized spacial score (nSPS) is 29.9. The number of hydrogen-bond donors (Lipinski definition) is 1. The summed E-state index contributed by atoms with van der Waals surface area (Å²) in [5.74, 6) is 1.28. The van der Waals surface area contributed by atoms with E-state index in [-0.39, 0.29) is 11.0 Å². The number of aromatic amines is 1. The van der Waals surface area contributed by atoms with Crippen LogP contribution in [-0.4, -0.2) is 34.0 Å². The average molecular weight is 354 g/mol. The van der Waals surface area contributed by atoms with Gasteiger partial charge in [0.05, 0.1) is 5.69 Å². The van der Waals surface area contributed by atoms with E-state index in [1.165, 1.54) is 12.8 Å². The molecular weight excluding hydrogens is 330 g/mol. The Morgan fingerprint density at radius 1 is 1.24 bits per heavy atom. The van der Waals surface area contributed by atoms with Gasteiger partial charge < -0.3 is 9.88 Å². The maximum absolute atomic E-state index is 12.2. The second-order valence-electron chi connectivity index (χ2n) is 7.58. The minimum absolute atomic E-state index is 0.0452. The number of halogens is 1. The van der Waals surface area contributed by atoms with Gasteiger partial charge in [-0.2, -0.15) is 0 Å². The molecule has 3 heterocycles. The predicted molar refractivity (Wildman–Crippen MR) is 87.8 cm³/mol. The van der Waals surface area contributed by atoms with Crippen LogP contribution in [-0.2, 0) is 5.41 Å². The van der Waals surface area contributed by atoms with Crippen LogP contribution in [0, 0.1) is 0 Å². The standard InChI is InChI=1S/C16H24BrN3O/c1-16(2,3)13-12(17)15(21)19-14(18-13)9-7-10-5-6-11(8-9)20(10)4/h9-11H,5-8H2,1-4H3,(H,18,19,21). The van der Waals surface area contributed by atoms with Gasteiger partial charge in [-0.1, -0.05) is 20.8 Å². The Morgan fingerprint density at radius 2 is 1.81 bits per heavy atom. The number of fused-ring (bicyclic) bond motifs is 2. The molecule has 2 aliphatic heterocycles. The van der Waals surface area contributed by atoms with Gasteiger partial charge in [-0.15, -0.1) is 0 Å². The topological polar surface area (TPSA) is 49.0 Å². The Bertz CT molecular complexity index is 591.